The van der Waals surface area contributed by atoms with Crippen LogP contribution in [0, 0.1) is 6.92 Å². The molecular weight excluding hydrogens is 405 g/mol. The largest absolute Gasteiger partial charge is 0.242 e. The van der Waals surface area contributed by atoms with Gasteiger partial charge in [0.15, 0.2) is 0 Å². The Balaban J connectivity index is 2.74. The Morgan fingerprint density at radius 2 is 1.23 bits per heavy atom. The zero-order valence-electron chi connectivity index (χ0n) is 20.5. The first kappa shape index (κ1) is 25.2. The molecule has 0 heterocycles. The van der Waals surface area contributed by atoms with E-state index < -0.39 is 18.9 Å². The molecule has 2 aromatic carbocycles. The summed E-state index contributed by atoms with van der Waals surface area (Å²) in [6.45, 7) is 22.3. The lowest BCUT2D eigenvalue weighted by Gasteiger charge is -2.43. The molecule has 0 radical (unpaired) electrons. The third-order valence-corrected chi connectivity index (χ3v) is 10.2. The molecule has 0 amide bonds. The van der Waals surface area contributed by atoms with Crippen molar-refractivity contribution in [2.24, 2.45) is 0 Å². The van der Waals surface area contributed by atoms with Crippen molar-refractivity contribution in [2.75, 3.05) is 0 Å². The van der Waals surface area contributed by atoms with Gasteiger partial charge in [-0.2, -0.15) is 0 Å². The van der Waals surface area contributed by atoms with Crippen LogP contribution >= 0.6 is 7.92 Å². The highest BCUT2D eigenvalue weighted by Gasteiger charge is 2.38. The molecule has 0 spiro atoms. The Kier molecular flexibility index (Phi) is 7.76. The van der Waals surface area contributed by atoms with Crippen LogP contribution in [0.1, 0.15) is 85.0 Å². The van der Waals surface area contributed by atoms with Crippen molar-refractivity contribution in [1.29, 1.82) is 0 Å². The Morgan fingerprint density at radius 3 is 1.70 bits per heavy atom. The van der Waals surface area contributed by atoms with E-state index >= 15 is 0 Å². The normalized spacial score (nSPS) is 15.3. The van der Waals surface area contributed by atoms with Gasteiger partial charge in [0.05, 0.1) is 21.8 Å². The van der Waals surface area contributed by atoms with Crippen LogP contribution in [0.2, 0.25) is 0 Å². The molecule has 0 aliphatic carbocycles. The molecule has 2 rings (SSSR count). The molecule has 4 heteroatoms. The molecule has 0 saturated heterocycles. The molecule has 0 aliphatic heterocycles. The maximum Gasteiger partial charge on any atom is 0.0979 e. The summed E-state index contributed by atoms with van der Waals surface area (Å²) in [5, 5.41) is 1.71. The molecule has 1 N–H and O–H groups in total. The van der Waals surface area contributed by atoms with Crippen LogP contribution in [0.3, 0.4) is 0 Å². The Labute approximate surface area is 188 Å². The van der Waals surface area contributed by atoms with Crippen LogP contribution in [0.4, 0.5) is 0 Å². The highest BCUT2D eigenvalue weighted by Crippen LogP contribution is 2.59. The highest BCUT2D eigenvalue weighted by atomic mass is 32.2. The fourth-order valence-corrected chi connectivity index (χ4v) is 9.13. The van der Waals surface area contributed by atoms with Crippen molar-refractivity contribution >= 4 is 24.2 Å². The van der Waals surface area contributed by atoms with E-state index in [4.69, 9.17) is 0 Å². The number of benzene rings is 2. The maximum atomic E-state index is 13.2. The summed E-state index contributed by atoms with van der Waals surface area (Å²) in [6.07, 6.45) is 0. The first-order chi connectivity index (χ1) is 13.6. The molecule has 0 aliphatic rings. The van der Waals surface area contributed by atoms with E-state index in [-0.39, 0.29) is 21.1 Å². The summed E-state index contributed by atoms with van der Waals surface area (Å²) < 4.78 is 16.4. The molecule has 2 unspecified atom stereocenters. The first-order valence-electron chi connectivity index (χ1n) is 10.8. The quantitative estimate of drug-likeness (QED) is 0.502. The fraction of sp³-hybridized carbons (Fsp3) is 0.538. The summed E-state index contributed by atoms with van der Waals surface area (Å²) in [4.78, 5) is 0. The zero-order chi connectivity index (χ0) is 22.9. The second-order valence-corrected chi connectivity index (χ2v) is 16.9. The molecule has 2 aromatic rings. The fourth-order valence-electron chi connectivity index (χ4n) is 4.15. The minimum absolute atomic E-state index is 0.114. The zero-order valence-corrected chi connectivity index (χ0v) is 22.2. The number of hydrogen-bond acceptors (Lipinski definition) is 1. The molecule has 166 valence electrons. The van der Waals surface area contributed by atoms with E-state index in [2.05, 4.69) is 102 Å². The van der Waals surface area contributed by atoms with E-state index in [0.29, 0.717) is 0 Å². The molecule has 30 heavy (non-hydrogen) atoms. The third kappa shape index (κ3) is 6.02. The summed E-state index contributed by atoms with van der Waals surface area (Å²) in [7, 11) is -1.67. The van der Waals surface area contributed by atoms with Gasteiger partial charge in [-0.15, -0.1) is 0 Å². The summed E-state index contributed by atoms with van der Waals surface area (Å²) >= 11 is 0. The van der Waals surface area contributed by atoms with Gasteiger partial charge in [0.25, 0.3) is 0 Å². The van der Waals surface area contributed by atoms with E-state index in [1.807, 2.05) is 20.8 Å². The second kappa shape index (κ2) is 9.23. The molecule has 0 aromatic heterocycles. The van der Waals surface area contributed by atoms with Gasteiger partial charge in [0, 0.05) is 0 Å². The van der Waals surface area contributed by atoms with Gasteiger partial charge >= 0.3 is 0 Å². The van der Waals surface area contributed by atoms with Crippen LogP contribution in [0.15, 0.2) is 48.5 Å². The van der Waals surface area contributed by atoms with Gasteiger partial charge in [-0.1, -0.05) is 98.0 Å². The lowest BCUT2D eigenvalue weighted by molar-refractivity contribution is 0.623. The van der Waals surface area contributed by atoms with E-state index in [1.165, 1.54) is 22.0 Å². The van der Waals surface area contributed by atoms with Gasteiger partial charge in [0.2, 0.25) is 0 Å². The van der Waals surface area contributed by atoms with Crippen LogP contribution in [-0.2, 0) is 11.0 Å². The monoisotopic (exact) mass is 445 g/mol. The standard InChI is InChI=1S/C26H40NOPS/c1-19-15-11-12-16-20(19)23(27-30(28)26(8,9)10)21-17-13-14-18-22(21)29(24(2,3)4)25(5,6)7/h11-18,23,27H,1-10H3. The van der Waals surface area contributed by atoms with E-state index in [1.54, 1.807) is 0 Å². The number of aryl methyl sites for hydroxylation is 1. The third-order valence-electron chi connectivity index (χ3n) is 5.11. The summed E-state index contributed by atoms with van der Waals surface area (Å²) in [5.74, 6) is 0. The van der Waals surface area contributed by atoms with E-state index in [0.717, 1.165) is 0 Å². The molecular formula is C26H40NOPS. The van der Waals surface area contributed by atoms with E-state index in [9.17, 15) is 4.21 Å². The predicted molar refractivity (Wildman–Crippen MR) is 137 cm³/mol. The first-order valence-corrected chi connectivity index (χ1v) is 13.3. The van der Waals surface area contributed by atoms with Gasteiger partial charge in [-0.3, -0.25) is 0 Å². The molecule has 0 bridgehead atoms. The van der Waals surface area contributed by atoms with Crippen molar-refractivity contribution in [3.05, 3.63) is 65.2 Å². The summed E-state index contributed by atoms with van der Waals surface area (Å²) in [5.41, 5.74) is 3.66. The molecule has 2 nitrogen and oxygen atoms in total. The smallest absolute Gasteiger partial charge is 0.0979 e. The minimum Gasteiger partial charge on any atom is -0.242 e. The van der Waals surface area contributed by atoms with Crippen LogP contribution < -0.4 is 10.0 Å². The minimum atomic E-state index is -1.18. The van der Waals surface area contributed by atoms with Crippen molar-refractivity contribution in [3.63, 3.8) is 0 Å². The van der Waals surface area contributed by atoms with Gasteiger partial charge in [0.1, 0.15) is 0 Å². The van der Waals surface area contributed by atoms with Crippen molar-refractivity contribution < 1.29 is 4.21 Å². The lowest BCUT2D eigenvalue weighted by Crippen LogP contribution is -2.39. The summed E-state index contributed by atoms with van der Waals surface area (Å²) in [6, 6.07) is 17.1. The average Bonchev–Trinajstić information content (AvgIpc) is 2.57. The van der Waals surface area contributed by atoms with Gasteiger partial charge in [-0.25, -0.2) is 8.93 Å². The Bertz CT molecular complexity index is 873. The highest BCUT2D eigenvalue weighted by molar-refractivity contribution is 7.84. The topological polar surface area (TPSA) is 29.1 Å². The number of nitrogens with one attached hydrogen (secondary N) is 1. The molecule has 2 atom stereocenters. The van der Waals surface area contributed by atoms with Crippen LogP contribution in [0.5, 0.6) is 0 Å². The van der Waals surface area contributed by atoms with Gasteiger partial charge in [-0.05, 0) is 60.0 Å². The number of hydrogen-bond donors (Lipinski definition) is 1. The van der Waals surface area contributed by atoms with Crippen LogP contribution in [0.25, 0.3) is 0 Å². The second-order valence-electron chi connectivity index (χ2n) is 11.0. The van der Waals surface area contributed by atoms with Gasteiger partial charge < -0.3 is 0 Å². The Hall–Kier alpha value is -1.02. The van der Waals surface area contributed by atoms with Crippen LogP contribution in [-0.4, -0.2) is 19.3 Å². The molecule has 0 fully saturated rings. The Morgan fingerprint density at radius 1 is 0.767 bits per heavy atom. The maximum absolute atomic E-state index is 13.2. The lowest BCUT2D eigenvalue weighted by atomic mass is 9.96. The predicted octanol–water partition coefficient (Wildman–Crippen LogP) is 6.84. The van der Waals surface area contributed by atoms with Crippen molar-refractivity contribution in [2.45, 2.75) is 90.3 Å². The average molecular weight is 446 g/mol. The van der Waals surface area contributed by atoms with Crippen molar-refractivity contribution in [3.8, 4) is 0 Å². The number of rotatable bonds is 5. The molecule has 0 saturated carbocycles. The van der Waals surface area contributed by atoms with Crippen molar-refractivity contribution in [1.82, 2.24) is 4.72 Å². The SMILES string of the molecule is Cc1ccccc1C(NS(=O)C(C)(C)C)c1ccccc1P(C(C)(C)C)C(C)(C)C.